The van der Waals surface area contributed by atoms with Crippen LogP contribution in [0.1, 0.15) is 29.9 Å². The quantitative estimate of drug-likeness (QED) is 0.841. The van der Waals surface area contributed by atoms with Gasteiger partial charge in [-0.05, 0) is 12.0 Å². The van der Waals surface area contributed by atoms with E-state index in [2.05, 4.69) is 36.2 Å². The highest BCUT2D eigenvalue weighted by molar-refractivity contribution is 7.99. The van der Waals surface area contributed by atoms with Crippen LogP contribution in [0.5, 0.6) is 0 Å². The van der Waals surface area contributed by atoms with Crippen LogP contribution in [0.2, 0.25) is 0 Å². The van der Waals surface area contributed by atoms with Crippen molar-refractivity contribution in [1.82, 2.24) is 9.55 Å². The van der Waals surface area contributed by atoms with Gasteiger partial charge in [-0.2, -0.15) is 0 Å². The van der Waals surface area contributed by atoms with Gasteiger partial charge in [-0.25, -0.2) is 4.98 Å². The molecule has 0 saturated heterocycles. The van der Waals surface area contributed by atoms with E-state index >= 15 is 0 Å². The second-order valence-corrected chi connectivity index (χ2v) is 5.34. The van der Waals surface area contributed by atoms with Gasteiger partial charge in [0.1, 0.15) is 0 Å². The van der Waals surface area contributed by atoms with Crippen LogP contribution in [0, 0.1) is 0 Å². The maximum absolute atomic E-state index is 9.17. The van der Waals surface area contributed by atoms with E-state index in [1.807, 2.05) is 17.7 Å². The fraction of sp³-hybridized carbons (Fsp3) is 0.357. The minimum atomic E-state index is 0.0339. The molecule has 0 bridgehead atoms. The molecule has 0 fully saturated rings. The third-order valence-corrected chi connectivity index (χ3v) is 4.47. The van der Waals surface area contributed by atoms with E-state index in [9.17, 15) is 5.11 Å². The molecule has 1 heterocycles. The Balaban J connectivity index is 2.18. The summed E-state index contributed by atoms with van der Waals surface area (Å²) in [5, 5.41) is 10.5. The van der Waals surface area contributed by atoms with E-state index in [1.165, 1.54) is 5.56 Å². The van der Waals surface area contributed by atoms with Crippen LogP contribution < -0.4 is 0 Å². The zero-order valence-corrected chi connectivity index (χ0v) is 11.5. The number of hydrogen-bond acceptors (Lipinski definition) is 3. The number of hydrogen-bond donors (Lipinski definition) is 1. The second-order valence-electron chi connectivity index (χ2n) is 4.17. The van der Waals surface area contributed by atoms with Crippen LogP contribution in [0.3, 0.4) is 0 Å². The summed E-state index contributed by atoms with van der Waals surface area (Å²) < 4.78 is 1.95. The summed E-state index contributed by atoms with van der Waals surface area (Å²) in [6, 6.07) is 10.5. The van der Waals surface area contributed by atoms with Crippen molar-refractivity contribution < 1.29 is 5.11 Å². The van der Waals surface area contributed by atoms with Crippen LogP contribution in [-0.2, 0) is 13.7 Å². The molecule has 0 aliphatic carbocycles. The number of imidazole rings is 1. The molecule has 18 heavy (non-hydrogen) atoms. The summed E-state index contributed by atoms with van der Waals surface area (Å²) in [7, 11) is 1.94. The van der Waals surface area contributed by atoms with Crippen LogP contribution >= 0.6 is 11.8 Å². The van der Waals surface area contributed by atoms with E-state index < -0.39 is 0 Å². The third kappa shape index (κ3) is 2.76. The molecule has 0 aliphatic rings. The van der Waals surface area contributed by atoms with Crippen molar-refractivity contribution in [3.63, 3.8) is 0 Å². The summed E-state index contributed by atoms with van der Waals surface area (Å²) in [6.45, 7) is 2.22. The maximum atomic E-state index is 9.17. The molecular formula is C14H18N2OS. The van der Waals surface area contributed by atoms with Gasteiger partial charge >= 0.3 is 0 Å². The van der Waals surface area contributed by atoms with E-state index in [4.69, 9.17) is 0 Å². The molecule has 0 saturated carbocycles. The molecule has 1 atom stereocenters. The van der Waals surface area contributed by atoms with Crippen molar-refractivity contribution >= 4 is 11.8 Å². The molecule has 96 valence electrons. The first-order valence-electron chi connectivity index (χ1n) is 6.09. The average molecular weight is 262 g/mol. The lowest BCUT2D eigenvalue weighted by Crippen LogP contribution is -2.00. The Morgan fingerprint density at radius 2 is 2.06 bits per heavy atom. The SMILES string of the molecule is CC[C@@H](Sc1ncc(CO)n1C)c1ccccc1. The Hall–Kier alpha value is -1.26. The lowest BCUT2D eigenvalue weighted by molar-refractivity contribution is 0.271. The van der Waals surface area contributed by atoms with Crippen molar-refractivity contribution in [2.75, 3.05) is 0 Å². The van der Waals surface area contributed by atoms with Gasteiger partial charge in [-0.15, -0.1) is 0 Å². The molecule has 0 amide bonds. The smallest absolute Gasteiger partial charge is 0.168 e. The number of aliphatic hydroxyl groups excluding tert-OH is 1. The standard InChI is InChI=1S/C14H18N2OS/c1-3-13(11-7-5-4-6-8-11)18-14-15-9-12(10-17)16(14)2/h4-9,13,17H,3,10H2,1-2H3/t13-/m1/s1. The molecule has 1 aromatic heterocycles. The van der Waals surface area contributed by atoms with Gasteiger partial charge in [0.2, 0.25) is 0 Å². The van der Waals surface area contributed by atoms with Gasteiger partial charge in [-0.3, -0.25) is 0 Å². The molecule has 1 N–H and O–H groups in total. The minimum Gasteiger partial charge on any atom is -0.390 e. The number of thioether (sulfide) groups is 1. The third-order valence-electron chi connectivity index (χ3n) is 2.99. The minimum absolute atomic E-state index is 0.0339. The lowest BCUT2D eigenvalue weighted by Gasteiger charge is -2.14. The topological polar surface area (TPSA) is 38.1 Å². The van der Waals surface area contributed by atoms with Crippen LogP contribution in [0.25, 0.3) is 0 Å². The van der Waals surface area contributed by atoms with Crippen molar-refractivity contribution in [1.29, 1.82) is 0 Å². The van der Waals surface area contributed by atoms with Gasteiger partial charge in [0.15, 0.2) is 5.16 Å². The summed E-state index contributed by atoms with van der Waals surface area (Å²) >= 11 is 1.75. The summed E-state index contributed by atoms with van der Waals surface area (Å²) in [5.41, 5.74) is 2.17. The number of rotatable bonds is 5. The Kier molecular flexibility index (Phi) is 4.44. The van der Waals surface area contributed by atoms with E-state index in [0.717, 1.165) is 17.3 Å². The van der Waals surface area contributed by atoms with Gasteiger partial charge in [0, 0.05) is 12.3 Å². The molecule has 0 unspecified atom stereocenters. The zero-order valence-electron chi connectivity index (χ0n) is 10.7. The molecule has 2 aromatic rings. The number of benzene rings is 1. The van der Waals surface area contributed by atoms with Crippen molar-refractivity contribution in [2.45, 2.75) is 30.4 Å². The fourth-order valence-electron chi connectivity index (χ4n) is 1.86. The summed E-state index contributed by atoms with van der Waals surface area (Å²) in [5.74, 6) is 0. The Morgan fingerprint density at radius 3 is 2.61 bits per heavy atom. The molecular weight excluding hydrogens is 244 g/mol. The molecule has 0 aliphatic heterocycles. The highest BCUT2D eigenvalue weighted by Gasteiger charge is 2.14. The molecule has 2 rings (SSSR count). The van der Waals surface area contributed by atoms with Gasteiger partial charge < -0.3 is 9.67 Å². The van der Waals surface area contributed by atoms with Crippen molar-refractivity contribution in [3.05, 3.63) is 47.8 Å². The fourth-order valence-corrected chi connectivity index (χ4v) is 2.97. The first-order valence-corrected chi connectivity index (χ1v) is 6.97. The summed E-state index contributed by atoms with van der Waals surface area (Å²) in [6.07, 6.45) is 2.79. The van der Waals surface area contributed by atoms with Crippen LogP contribution in [-0.4, -0.2) is 14.7 Å². The molecule has 3 nitrogen and oxygen atoms in total. The lowest BCUT2D eigenvalue weighted by atomic mass is 10.1. The van der Waals surface area contributed by atoms with Gasteiger partial charge in [0.25, 0.3) is 0 Å². The molecule has 0 radical (unpaired) electrons. The van der Waals surface area contributed by atoms with E-state index in [1.54, 1.807) is 18.0 Å². The average Bonchev–Trinajstić information content (AvgIpc) is 2.77. The monoisotopic (exact) mass is 262 g/mol. The summed E-state index contributed by atoms with van der Waals surface area (Å²) in [4.78, 5) is 4.37. The van der Waals surface area contributed by atoms with Crippen molar-refractivity contribution in [3.8, 4) is 0 Å². The Labute approximate surface area is 112 Å². The molecule has 1 aromatic carbocycles. The first-order chi connectivity index (χ1) is 8.76. The Morgan fingerprint density at radius 1 is 1.33 bits per heavy atom. The van der Waals surface area contributed by atoms with E-state index in [0.29, 0.717) is 5.25 Å². The number of nitrogens with zero attached hydrogens (tertiary/aromatic N) is 2. The first kappa shape index (κ1) is 13.2. The van der Waals surface area contributed by atoms with Crippen LogP contribution in [0.15, 0.2) is 41.7 Å². The van der Waals surface area contributed by atoms with Gasteiger partial charge in [0.05, 0.1) is 18.5 Å². The van der Waals surface area contributed by atoms with Crippen LogP contribution in [0.4, 0.5) is 0 Å². The molecule has 0 spiro atoms. The predicted molar refractivity (Wildman–Crippen MR) is 74.5 cm³/mol. The van der Waals surface area contributed by atoms with E-state index in [-0.39, 0.29) is 6.61 Å². The number of aromatic nitrogens is 2. The second kappa shape index (κ2) is 6.07. The largest absolute Gasteiger partial charge is 0.390 e. The molecule has 4 heteroatoms. The number of aliphatic hydroxyl groups is 1. The predicted octanol–water partition coefficient (Wildman–Crippen LogP) is 3.16. The van der Waals surface area contributed by atoms with Gasteiger partial charge in [-0.1, -0.05) is 49.0 Å². The highest BCUT2D eigenvalue weighted by atomic mass is 32.2. The highest BCUT2D eigenvalue weighted by Crippen LogP contribution is 2.36. The Bertz CT molecular complexity index is 496. The maximum Gasteiger partial charge on any atom is 0.168 e. The van der Waals surface area contributed by atoms with Crippen molar-refractivity contribution in [2.24, 2.45) is 7.05 Å². The zero-order chi connectivity index (χ0) is 13.0. The normalized spacial score (nSPS) is 12.6.